The molecule has 0 saturated heterocycles. The van der Waals surface area contributed by atoms with Gasteiger partial charge in [-0.2, -0.15) is 5.10 Å². The minimum Gasteiger partial charge on any atom is -0.338 e. The Hall–Kier alpha value is -1.36. The van der Waals surface area contributed by atoms with E-state index < -0.39 is 0 Å². The van der Waals surface area contributed by atoms with E-state index in [1.165, 1.54) is 0 Å². The van der Waals surface area contributed by atoms with Crippen LogP contribution in [0.4, 0.5) is 0 Å². The van der Waals surface area contributed by atoms with Crippen molar-refractivity contribution in [3.05, 3.63) is 17.5 Å². The van der Waals surface area contributed by atoms with Crippen LogP contribution in [0.2, 0.25) is 0 Å². The van der Waals surface area contributed by atoms with E-state index in [1.54, 1.807) is 4.90 Å². The van der Waals surface area contributed by atoms with Crippen molar-refractivity contribution in [1.82, 2.24) is 19.6 Å². The predicted molar refractivity (Wildman–Crippen MR) is 65.8 cm³/mol. The van der Waals surface area contributed by atoms with Crippen LogP contribution in [0.15, 0.2) is 6.07 Å². The number of nitrogens with zero attached hydrogens (tertiary/aromatic N) is 4. The first-order valence-corrected chi connectivity index (χ1v) is 6.20. The van der Waals surface area contributed by atoms with Crippen LogP contribution in [0.5, 0.6) is 0 Å². The van der Waals surface area contributed by atoms with Crippen LogP contribution in [-0.2, 0) is 13.1 Å². The van der Waals surface area contributed by atoms with Crippen LogP contribution in [0.25, 0.3) is 0 Å². The summed E-state index contributed by atoms with van der Waals surface area (Å²) in [6.07, 6.45) is 0. The third kappa shape index (κ3) is 2.34. The third-order valence-corrected chi connectivity index (χ3v) is 3.26. The largest absolute Gasteiger partial charge is 0.338 e. The average molecular weight is 236 g/mol. The van der Waals surface area contributed by atoms with E-state index in [4.69, 9.17) is 0 Å². The third-order valence-electron chi connectivity index (χ3n) is 3.26. The van der Waals surface area contributed by atoms with E-state index >= 15 is 0 Å². The Morgan fingerprint density at radius 1 is 1.41 bits per heavy atom. The van der Waals surface area contributed by atoms with Gasteiger partial charge in [0.15, 0.2) is 5.69 Å². The van der Waals surface area contributed by atoms with Crippen molar-refractivity contribution in [2.75, 3.05) is 26.7 Å². The first-order chi connectivity index (χ1) is 8.15. The summed E-state index contributed by atoms with van der Waals surface area (Å²) in [6, 6.07) is 1.93. The van der Waals surface area contributed by atoms with Crippen LogP contribution in [0.1, 0.15) is 30.0 Å². The topological polar surface area (TPSA) is 41.4 Å². The number of carbonyl (C=O) groups is 1. The molecule has 1 amide bonds. The molecule has 0 fully saturated rings. The highest BCUT2D eigenvalue weighted by Crippen LogP contribution is 2.13. The van der Waals surface area contributed by atoms with Crippen LogP contribution >= 0.6 is 0 Å². The highest BCUT2D eigenvalue weighted by Gasteiger charge is 2.21. The van der Waals surface area contributed by atoms with Crippen LogP contribution in [0, 0.1) is 0 Å². The van der Waals surface area contributed by atoms with E-state index in [9.17, 15) is 4.79 Å². The molecule has 1 aliphatic rings. The van der Waals surface area contributed by atoms with Crippen molar-refractivity contribution >= 4 is 5.91 Å². The Bertz CT molecular complexity index is 409. The first-order valence-electron chi connectivity index (χ1n) is 6.20. The van der Waals surface area contributed by atoms with Crippen molar-refractivity contribution in [3.63, 3.8) is 0 Å². The molecule has 0 radical (unpaired) electrons. The second-order valence-corrected chi connectivity index (χ2v) is 4.46. The normalized spacial score (nSPS) is 15.7. The van der Waals surface area contributed by atoms with Gasteiger partial charge in [-0.25, -0.2) is 0 Å². The molecule has 0 atom stereocenters. The highest BCUT2D eigenvalue weighted by atomic mass is 16.2. The average Bonchev–Trinajstić information content (AvgIpc) is 2.73. The lowest BCUT2D eigenvalue weighted by Gasteiger charge is -2.22. The Balaban J connectivity index is 2.20. The summed E-state index contributed by atoms with van der Waals surface area (Å²) in [6.45, 7) is 8.19. The van der Waals surface area contributed by atoms with Gasteiger partial charge >= 0.3 is 0 Å². The second-order valence-electron chi connectivity index (χ2n) is 4.46. The summed E-state index contributed by atoms with van der Waals surface area (Å²) < 4.78 is 1.96. The fourth-order valence-electron chi connectivity index (χ4n) is 2.17. The summed E-state index contributed by atoms with van der Waals surface area (Å²) in [5.74, 6) is 0.0413. The predicted octanol–water partition coefficient (Wildman–Crippen LogP) is 0.810. The Kier molecular flexibility index (Phi) is 3.47. The van der Waals surface area contributed by atoms with Gasteiger partial charge < -0.3 is 4.90 Å². The van der Waals surface area contributed by atoms with Crippen molar-refractivity contribution in [2.24, 2.45) is 0 Å². The van der Waals surface area contributed by atoms with Gasteiger partial charge in [0, 0.05) is 26.2 Å². The quantitative estimate of drug-likeness (QED) is 0.780. The standard InChI is InChI=1S/C12H20N4O/c1-4-15(5-2)12(17)11-8-10-9-14(3)6-7-16(10)13-11/h8H,4-7,9H2,1-3H3. The molecule has 1 aromatic heterocycles. The maximum absolute atomic E-state index is 12.1. The minimum atomic E-state index is 0.0413. The number of amides is 1. The zero-order valence-electron chi connectivity index (χ0n) is 10.8. The van der Waals surface area contributed by atoms with Gasteiger partial charge in [0.1, 0.15) is 0 Å². The number of aromatic nitrogens is 2. The van der Waals surface area contributed by atoms with Crippen LogP contribution in [-0.4, -0.2) is 52.2 Å². The number of rotatable bonds is 3. The molecule has 0 unspecified atom stereocenters. The first kappa shape index (κ1) is 12.1. The molecule has 0 saturated carbocycles. The molecule has 5 nitrogen and oxygen atoms in total. The summed E-state index contributed by atoms with van der Waals surface area (Å²) in [4.78, 5) is 16.2. The molecule has 17 heavy (non-hydrogen) atoms. The maximum Gasteiger partial charge on any atom is 0.274 e. The molecule has 5 heteroatoms. The van der Waals surface area contributed by atoms with Crippen LogP contribution in [0.3, 0.4) is 0 Å². The molecule has 0 bridgehead atoms. The van der Waals surface area contributed by atoms with Crippen molar-refractivity contribution in [2.45, 2.75) is 26.9 Å². The number of likely N-dealkylation sites (N-methyl/N-ethyl adjacent to an activating group) is 1. The molecule has 2 heterocycles. The van der Waals surface area contributed by atoms with Gasteiger partial charge in [-0.05, 0) is 27.0 Å². The van der Waals surface area contributed by atoms with Gasteiger partial charge in [0.05, 0.1) is 12.2 Å². The number of hydrogen-bond donors (Lipinski definition) is 0. The monoisotopic (exact) mass is 236 g/mol. The molecule has 0 N–H and O–H groups in total. The lowest BCUT2D eigenvalue weighted by molar-refractivity contribution is 0.0766. The number of hydrogen-bond acceptors (Lipinski definition) is 3. The number of carbonyl (C=O) groups excluding carboxylic acids is 1. The summed E-state index contributed by atoms with van der Waals surface area (Å²) >= 11 is 0. The summed E-state index contributed by atoms with van der Waals surface area (Å²) in [5, 5.41) is 4.40. The minimum absolute atomic E-state index is 0.0413. The maximum atomic E-state index is 12.1. The van der Waals surface area contributed by atoms with E-state index in [2.05, 4.69) is 17.0 Å². The fourth-order valence-corrected chi connectivity index (χ4v) is 2.17. The van der Waals surface area contributed by atoms with Gasteiger partial charge in [0.2, 0.25) is 0 Å². The molecule has 2 rings (SSSR count). The van der Waals surface area contributed by atoms with Gasteiger partial charge in [-0.3, -0.25) is 14.4 Å². The highest BCUT2D eigenvalue weighted by molar-refractivity contribution is 5.92. The fraction of sp³-hybridized carbons (Fsp3) is 0.667. The SMILES string of the molecule is CCN(CC)C(=O)c1cc2n(n1)CCN(C)C2. The van der Waals surface area contributed by atoms with E-state index in [1.807, 2.05) is 24.6 Å². The molecular formula is C12H20N4O. The zero-order valence-corrected chi connectivity index (χ0v) is 10.8. The molecule has 0 spiro atoms. The Morgan fingerprint density at radius 2 is 2.12 bits per heavy atom. The molecule has 0 aromatic carbocycles. The smallest absolute Gasteiger partial charge is 0.274 e. The van der Waals surface area contributed by atoms with Crippen LogP contribution < -0.4 is 0 Å². The van der Waals surface area contributed by atoms with Crippen molar-refractivity contribution in [1.29, 1.82) is 0 Å². The molecular weight excluding hydrogens is 216 g/mol. The number of fused-ring (bicyclic) bond motifs is 1. The van der Waals surface area contributed by atoms with Crippen molar-refractivity contribution < 1.29 is 4.79 Å². The van der Waals surface area contributed by atoms with Gasteiger partial charge in [-0.15, -0.1) is 0 Å². The molecule has 1 aromatic rings. The molecule has 0 aliphatic carbocycles. The van der Waals surface area contributed by atoms with E-state index in [0.717, 1.165) is 38.4 Å². The second kappa shape index (κ2) is 4.87. The molecule has 94 valence electrons. The summed E-state index contributed by atoms with van der Waals surface area (Å²) in [5.41, 5.74) is 1.72. The van der Waals surface area contributed by atoms with E-state index in [0.29, 0.717) is 5.69 Å². The zero-order chi connectivity index (χ0) is 12.4. The van der Waals surface area contributed by atoms with Gasteiger partial charge in [-0.1, -0.05) is 0 Å². The van der Waals surface area contributed by atoms with E-state index in [-0.39, 0.29) is 5.91 Å². The Labute approximate surface area is 102 Å². The molecule has 1 aliphatic heterocycles. The Morgan fingerprint density at radius 3 is 2.76 bits per heavy atom. The lowest BCUT2D eigenvalue weighted by Crippen LogP contribution is -2.31. The summed E-state index contributed by atoms with van der Waals surface area (Å²) in [7, 11) is 2.09. The lowest BCUT2D eigenvalue weighted by atomic mass is 10.3. The van der Waals surface area contributed by atoms with Crippen molar-refractivity contribution in [3.8, 4) is 0 Å². The van der Waals surface area contributed by atoms with Gasteiger partial charge in [0.25, 0.3) is 5.91 Å².